The number of carbonyl (C=O) groups excluding carboxylic acids is 1. The lowest BCUT2D eigenvalue weighted by atomic mass is 9.95. The minimum Gasteiger partial charge on any atom is -0.392 e. The summed E-state index contributed by atoms with van der Waals surface area (Å²) in [6.45, 7) is 7.24. The van der Waals surface area contributed by atoms with Crippen LogP contribution in [0, 0.1) is 11.8 Å². The van der Waals surface area contributed by atoms with Gasteiger partial charge in [0.15, 0.2) is 5.78 Å². The first-order valence-electron chi connectivity index (χ1n) is 6.15. The van der Waals surface area contributed by atoms with E-state index in [9.17, 15) is 15.0 Å². The van der Waals surface area contributed by atoms with Crippen molar-refractivity contribution in [2.75, 3.05) is 0 Å². The van der Waals surface area contributed by atoms with E-state index in [0.29, 0.717) is 6.42 Å². The summed E-state index contributed by atoms with van der Waals surface area (Å²) in [6, 6.07) is 0. The second-order valence-electron chi connectivity index (χ2n) is 4.40. The molecule has 0 amide bonds. The summed E-state index contributed by atoms with van der Waals surface area (Å²) >= 11 is 0. The van der Waals surface area contributed by atoms with Crippen molar-refractivity contribution in [3.05, 3.63) is 24.3 Å². The minimum absolute atomic E-state index is 0.0983. The summed E-state index contributed by atoms with van der Waals surface area (Å²) in [5, 5.41) is 19.2. The quantitative estimate of drug-likeness (QED) is 0.529. The van der Waals surface area contributed by atoms with E-state index in [1.807, 2.05) is 20.8 Å². The molecule has 17 heavy (non-hydrogen) atoms. The average Bonchev–Trinajstić information content (AvgIpc) is 2.33. The van der Waals surface area contributed by atoms with E-state index in [4.69, 9.17) is 0 Å². The Hall–Kier alpha value is -0.930. The first-order chi connectivity index (χ1) is 7.93. The fourth-order valence-electron chi connectivity index (χ4n) is 1.43. The molecule has 0 saturated carbocycles. The van der Waals surface area contributed by atoms with Gasteiger partial charge >= 0.3 is 0 Å². The highest BCUT2D eigenvalue weighted by Crippen LogP contribution is 2.11. The number of hydrogen-bond acceptors (Lipinski definition) is 3. The second-order valence-corrected chi connectivity index (χ2v) is 4.40. The number of hydrogen-bond donors (Lipinski definition) is 2. The Balaban J connectivity index is 4.37. The van der Waals surface area contributed by atoms with Crippen molar-refractivity contribution in [1.29, 1.82) is 0 Å². The van der Waals surface area contributed by atoms with E-state index in [-0.39, 0.29) is 17.6 Å². The summed E-state index contributed by atoms with van der Waals surface area (Å²) in [7, 11) is 0. The van der Waals surface area contributed by atoms with Crippen molar-refractivity contribution in [1.82, 2.24) is 0 Å². The van der Waals surface area contributed by atoms with Crippen molar-refractivity contribution < 1.29 is 15.0 Å². The molecular formula is C14H24O3. The van der Waals surface area contributed by atoms with E-state index < -0.39 is 12.2 Å². The maximum atomic E-state index is 11.7. The van der Waals surface area contributed by atoms with E-state index in [1.54, 1.807) is 25.2 Å². The Morgan fingerprint density at radius 3 is 2.29 bits per heavy atom. The Bertz CT molecular complexity index is 281. The van der Waals surface area contributed by atoms with Crippen LogP contribution in [-0.2, 0) is 4.79 Å². The monoisotopic (exact) mass is 240 g/mol. The van der Waals surface area contributed by atoms with Crippen LogP contribution < -0.4 is 0 Å². The van der Waals surface area contributed by atoms with Crippen LogP contribution in [0.15, 0.2) is 24.3 Å². The molecule has 0 aromatic heterocycles. The fraction of sp³-hybridized carbons (Fsp3) is 0.643. The average molecular weight is 240 g/mol. The smallest absolute Gasteiger partial charge is 0.160 e. The van der Waals surface area contributed by atoms with Crippen molar-refractivity contribution in [2.45, 2.75) is 46.3 Å². The van der Waals surface area contributed by atoms with Gasteiger partial charge in [0.2, 0.25) is 0 Å². The molecule has 0 saturated heterocycles. The molecule has 0 aromatic rings. The van der Waals surface area contributed by atoms with Gasteiger partial charge in [-0.05, 0) is 19.4 Å². The lowest BCUT2D eigenvalue weighted by Crippen LogP contribution is -2.24. The summed E-state index contributed by atoms with van der Waals surface area (Å²) in [5.41, 5.74) is 0. The van der Waals surface area contributed by atoms with Gasteiger partial charge in [-0.25, -0.2) is 0 Å². The first kappa shape index (κ1) is 16.1. The zero-order chi connectivity index (χ0) is 13.4. The number of aliphatic hydroxyl groups is 2. The normalized spacial score (nSPS) is 19.4. The van der Waals surface area contributed by atoms with E-state index >= 15 is 0 Å². The van der Waals surface area contributed by atoms with Crippen LogP contribution in [0.3, 0.4) is 0 Å². The molecule has 98 valence electrons. The molecule has 4 atom stereocenters. The summed E-state index contributed by atoms with van der Waals surface area (Å²) < 4.78 is 0. The SMILES string of the molecule is C/C=C/C(O)C(C)/C=C/C(=O)C(C)C(O)CC. The predicted molar refractivity (Wildman–Crippen MR) is 69.6 cm³/mol. The van der Waals surface area contributed by atoms with Crippen LogP contribution in [0.25, 0.3) is 0 Å². The maximum Gasteiger partial charge on any atom is 0.160 e. The Labute approximate surface area is 104 Å². The lowest BCUT2D eigenvalue weighted by Gasteiger charge is -2.15. The van der Waals surface area contributed by atoms with Crippen LogP contribution in [0.5, 0.6) is 0 Å². The molecule has 0 radical (unpaired) electrons. The van der Waals surface area contributed by atoms with Crippen LogP contribution in [0.4, 0.5) is 0 Å². The first-order valence-corrected chi connectivity index (χ1v) is 6.15. The Morgan fingerprint density at radius 1 is 1.24 bits per heavy atom. The van der Waals surface area contributed by atoms with E-state index in [1.165, 1.54) is 6.08 Å². The summed E-state index contributed by atoms with van der Waals surface area (Å²) in [6.07, 6.45) is 6.01. The number of ketones is 1. The van der Waals surface area contributed by atoms with Gasteiger partial charge < -0.3 is 10.2 Å². The van der Waals surface area contributed by atoms with Gasteiger partial charge in [-0.1, -0.05) is 39.0 Å². The van der Waals surface area contributed by atoms with Gasteiger partial charge in [0, 0.05) is 11.8 Å². The van der Waals surface area contributed by atoms with Gasteiger partial charge in [0.25, 0.3) is 0 Å². The third-order valence-electron chi connectivity index (χ3n) is 2.94. The van der Waals surface area contributed by atoms with Gasteiger partial charge in [0.1, 0.15) is 0 Å². The van der Waals surface area contributed by atoms with Crippen LogP contribution >= 0.6 is 0 Å². The molecule has 0 aliphatic rings. The molecule has 0 rings (SSSR count). The molecule has 0 spiro atoms. The molecule has 0 bridgehead atoms. The van der Waals surface area contributed by atoms with Gasteiger partial charge in [-0.15, -0.1) is 0 Å². The minimum atomic E-state index is -0.595. The zero-order valence-electron chi connectivity index (χ0n) is 11.1. The number of rotatable bonds is 7. The number of carbonyl (C=O) groups is 1. The zero-order valence-corrected chi connectivity index (χ0v) is 11.1. The maximum absolute atomic E-state index is 11.7. The molecule has 3 nitrogen and oxygen atoms in total. The van der Waals surface area contributed by atoms with Crippen molar-refractivity contribution in [3.8, 4) is 0 Å². The topological polar surface area (TPSA) is 57.5 Å². The molecule has 3 heteroatoms. The highest BCUT2D eigenvalue weighted by Gasteiger charge is 2.18. The molecular weight excluding hydrogens is 216 g/mol. The molecule has 0 heterocycles. The lowest BCUT2D eigenvalue weighted by molar-refractivity contribution is -0.120. The van der Waals surface area contributed by atoms with Gasteiger partial charge in [-0.3, -0.25) is 4.79 Å². The van der Waals surface area contributed by atoms with Crippen LogP contribution in [0.2, 0.25) is 0 Å². The van der Waals surface area contributed by atoms with Crippen molar-refractivity contribution in [2.24, 2.45) is 11.8 Å². The highest BCUT2D eigenvalue weighted by molar-refractivity contribution is 5.91. The van der Waals surface area contributed by atoms with Gasteiger partial charge in [0.05, 0.1) is 12.2 Å². The van der Waals surface area contributed by atoms with Crippen molar-refractivity contribution >= 4 is 5.78 Å². The Kier molecular flexibility index (Phi) is 7.75. The Morgan fingerprint density at radius 2 is 1.82 bits per heavy atom. The molecule has 0 fully saturated rings. The summed E-state index contributed by atoms with van der Waals surface area (Å²) in [5.74, 6) is -0.595. The molecule has 0 aliphatic carbocycles. The van der Waals surface area contributed by atoms with Crippen LogP contribution in [-0.4, -0.2) is 28.2 Å². The van der Waals surface area contributed by atoms with Gasteiger partial charge in [-0.2, -0.15) is 0 Å². The molecule has 4 unspecified atom stereocenters. The fourth-order valence-corrected chi connectivity index (χ4v) is 1.43. The highest BCUT2D eigenvalue weighted by atomic mass is 16.3. The molecule has 2 N–H and O–H groups in total. The molecule has 0 aromatic carbocycles. The second kappa shape index (κ2) is 8.20. The summed E-state index contributed by atoms with van der Waals surface area (Å²) in [4.78, 5) is 11.7. The third-order valence-corrected chi connectivity index (χ3v) is 2.94. The third kappa shape index (κ3) is 5.80. The largest absolute Gasteiger partial charge is 0.392 e. The standard InChI is InChI=1S/C14H24O3/c1-5-7-13(16)10(3)8-9-14(17)11(4)12(15)6-2/h5,7-13,15-16H,6H2,1-4H3/b7-5+,9-8+. The molecule has 0 aliphatic heterocycles. The van der Waals surface area contributed by atoms with E-state index in [2.05, 4.69) is 0 Å². The van der Waals surface area contributed by atoms with E-state index in [0.717, 1.165) is 0 Å². The number of aliphatic hydroxyl groups excluding tert-OH is 2. The number of allylic oxidation sites excluding steroid dienone is 2. The van der Waals surface area contributed by atoms with Crippen LogP contribution in [0.1, 0.15) is 34.1 Å². The van der Waals surface area contributed by atoms with Crippen molar-refractivity contribution in [3.63, 3.8) is 0 Å². The predicted octanol–water partition coefficient (Wildman–Crippen LogP) is 2.09.